The average Bonchev–Trinajstić information content (AvgIpc) is 2.75. The lowest BCUT2D eigenvalue weighted by molar-refractivity contribution is 0.535. The molecule has 0 aliphatic carbocycles. The molecule has 0 fully saturated rings. The van der Waals surface area contributed by atoms with Crippen LogP contribution in [-0.4, -0.2) is 16.5 Å². The molecule has 4 heteroatoms. The SMILES string of the molecule is Cc1nc(-c2ccoc2C)nc2c1CCNC2. The number of furan rings is 1. The van der Waals surface area contributed by atoms with Crippen molar-refractivity contribution in [2.75, 3.05) is 6.54 Å². The van der Waals surface area contributed by atoms with Crippen LogP contribution < -0.4 is 5.32 Å². The Morgan fingerprint density at radius 1 is 1.29 bits per heavy atom. The Labute approximate surface area is 100 Å². The molecule has 0 saturated heterocycles. The zero-order valence-electron chi connectivity index (χ0n) is 10.1. The molecule has 0 unspecified atom stereocenters. The minimum Gasteiger partial charge on any atom is -0.469 e. The van der Waals surface area contributed by atoms with Gasteiger partial charge in [0.25, 0.3) is 0 Å². The van der Waals surface area contributed by atoms with Gasteiger partial charge in [-0.2, -0.15) is 0 Å². The van der Waals surface area contributed by atoms with Crippen molar-refractivity contribution >= 4 is 0 Å². The highest BCUT2D eigenvalue weighted by atomic mass is 16.3. The molecule has 0 radical (unpaired) electrons. The van der Waals surface area contributed by atoms with Crippen molar-refractivity contribution in [2.24, 2.45) is 0 Å². The van der Waals surface area contributed by atoms with E-state index in [9.17, 15) is 0 Å². The lowest BCUT2D eigenvalue weighted by Gasteiger charge is -2.18. The lowest BCUT2D eigenvalue weighted by Crippen LogP contribution is -2.26. The first-order valence-corrected chi connectivity index (χ1v) is 5.87. The second-order valence-electron chi connectivity index (χ2n) is 4.38. The molecule has 0 aromatic carbocycles. The van der Waals surface area contributed by atoms with Crippen LogP contribution >= 0.6 is 0 Å². The zero-order valence-corrected chi connectivity index (χ0v) is 10.1. The van der Waals surface area contributed by atoms with Gasteiger partial charge in [-0.1, -0.05) is 0 Å². The molecular formula is C13H15N3O. The van der Waals surface area contributed by atoms with Crippen molar-refractivity contribution in [1.29, 1.82) is 0 Å². The predicted molar refractivity (Wildman–Crippen MR) is 64.6 cm³/mol. The minimum atomic E-state index is 0.774. The fourth-order valence-corrected chi connectivity index (χ4v) is 2.28. The van der Waals surface area contributed by atoms with Crippen molar-refractivity contribution in [3.63, 3.8) is 0 Å². The topological polar surface area (TPSA) is 51.0 Å². The van der Waals surface area contributed by atoms with Crippen LogP contribution in [0.1, 0.15) is 22.7 Å². The van der Waals surface area contributed by atoms with E-state index in [1.54, 1.807) is 6.26 Å². The summed E-state index contributed by atoms with van der Waals surface area (Å²) in [5.41, 5.74) is 4.50. The van der Waals surface area contributed by atoms with E-state index in [4.69, 9.17) is 4.42 Å². The summed E-state index contributed by atoms with van der Waals surface area (Å²) in [5.74, 6) is 1.64. The molecule has 1 aliphatic heterocycles. The number of nitrogens with zero attached hydrogens (tertiary/aromatic N) is 2. The molecule has 88 valence electrons. The highest BCUT2D eigenvalue weighted by Gasteiger charge is 2.17. The molecule has 1 N–H and O–H groups in total. The van der Waals surface area contributed by atoms with Gasteiger partial charge in [-0.25, -0.2) is 9.97 Å². The van der Waals surface area contributed by atoms with Gasteiger partial charge in [-0.3, -0.25) is 0 Å². The molecule has 0 bridgehead atoms. The first-order chi connectivity index (χ1) is 8.25. The number of hydrogen-bond donors (Lipinski definition) is 1. The Morgan fingerprint density at radius 3 is 2.94 bits per heavy atom. The second kappa shape index (κ2) is 3.96. The quantitative estimate of drug-likeness (QED) is 0.812. The van der Waals surface area contributed by atoms with Crippen LogP contribution in [0.5, 0.6) is 0 Å². The largest absolute Gasteiger partial charge is 0.469 e. The summed E-state index contributed by atoms with van der Waals surface area (Å²) in [6, 6.07) is 1.92. The van der Waals surface area contributed by atoms with Crippen molar-refractivity contribution < 1.29 is 4.42 Å². The van der Waals surface area contributed by atoms with E-state index in [1.165, 1.54) is 5.56 Å². The molecule has 2 aromatic rings. The average molecular weight is 229 g/mol. The molecule has 0 amide bonds. The highest BCUT2D eigenvalue weighted by molar-refractivity contribution is 5.57. The number of nitrogens with one attached hydrogen (secondary N) is 1. The van der Waals surface area contributed by atoms with E-state index in [0.717, 1.165) is 48.0 Å². The van der Waals surface area contributed by atoms with Crippen molar-refractivity contribution in [1.82, 2.24) is 15.3 Å². The van der Waals surface area contributed by atoms with Gasteiger partial charge in [0.05, 0.1) is 17.5 Å². The van der Waals surface area contributed by atoms with Crippen LogP contribution in [0.2, 0.25) is 0 Å². The molecule has 1 aliphatic rings. The van der Waals surface area contributed by atoms with E-state index in [2.05, 4.69) is 22.2 Å². The lowest BCUT2D eigenvalue weighted by atomic mass is 10.0. The maximum atomic E-state index is 5.31. The van der Waals surface area contributed by atoms with Crippen LogP contribution in [0, 0.1) is 13.8 Å². The van der Waals surface area contributed by atoms with Gasteiger partial charge >= 0.3 is 0 Å². The Hall–Kier alpha value is -1.68. The second-order valence-corrected chi connectivity index (χ2v) is 4.38. The van der Waals surface area contributed by atoms with Crippen molar-refractivity contribution in [3.05, 3.63) is 35.0 Å². The van der Waals surface area contributed by atoms with Crippen LogP contribution in [0.25, 0.3) is 11.4 Å². The molecule has 4 nitrogen and oxygen atoms in total. The van der Waals surface area contributed by atoms with Crippen LogP contribution in [0.3, 0.4) is 0 Å². The maximum Gasteiger partial charge on any atom is 0.163 e. The summed E-state index contributed by atoms with van der Waals surface area (Å²) >= 11 is 0. The molecule has 17 heavy (non-hydrogen) atoms. The van der Waals surface area contributed by atoms with Crippen LogP contribution in [0.4, 0.5) is 0 Å². The van der Waals surface area contributed by atoms with Gasteiger partial charge in [-0.15, -0.1) is 0 Å². The van der Waals surface area contributed by atoms with Gasteiger partial charge in [-0.05, 0) is 38.4 Å². The number of rotatable bonds is 1. The normalized spacial score (nSPS) is 14.7. The van der Waals surface area contributed by atoms with Gasteiger partial charge in [0, 0.05) is 12.2 Å². The van der Waals surface area contributed by atoms with Gasteiger partial charge in [0.2, 0.25) is 0 Å². The van der Waals surface area contributed by atoms with Crippen molar-refractivity contribution in [2.45, 2.75) is 26.8 Å². The Bertz CT molecular complexity index is 560. The number of aromatic nitrogens is 2. The highest BCUT2D eigenvalue weighted by Crippen LogP contribution is 2.24. The summed E-state index contributed by atoms with van der Waals surface area (Å²) in [7, 11) is 0. The summed E-state index contributed by atoms with van der Waals surface area (Å²) in [6.07, 6.45) is 2.70. The van der Waals surface area contributed by atoms with Crippen molar-refractivity contribution in [3.8, 4) is 11.4 Å². The van der Waals surface area contributed by atoms with Crippen LogP contribution in [0.15, 0.2) is 16.7 Å². The molecule has 3 rings (SSSR count). The fourth-order valence-electron chi connectivity index (χ4n) is 2.28. The third kappa shape index (κ3) is 1.74. The third-order valence-electron chi connectivity index (χ3n) is 3.24. The zero-order chi connectivity index (χ0) is 11.8. The summed E-state index contributed by atoms with van der Waals surface area (Å²) in [5, 5.41) is 3.34. The minimum absolute atomic E-state index is 0.774. The Morgan fingerprint density at radius 2 is 2.18 bits per heavy atom. The number of hydrogen-bond acceptors (Lipinski definition) is 4. The standard InChI is InChI=1S/C13H15N3O/c1-8-10-3-5-14-7-12(10)16-13(15-8)11-4-6-17-9(11)2/h4,6,14H,3,5,7H2,1-2H3. The van der Waals surface area contributed by atoms with E-state index in [0.29, 0.717) is 0 Å². The predicted octanol–water partition coefficient (Wildman–Crippen LogP) is 2.00. The van der Waals surface area contributed by atoms with E-state index in [-0.39, 0.29) is 0 Å². The first kappa shape index (κ1) is 10.5. The summed E-state index contributed by atoms with van der Waals surface area (Å²) in [6.45, 7) is 5.85. The fraction of sp³-hybridized carbons (Fsp3) is 0.385. The summed E-state index contributed by atoms with van der Waals surface area (Å²) in [4.78, 5) is 9.23. The molecule has 0 atom stereocenters. The van der Waals surface area contributed by atoms with E-state index >= 15 is 0 Å². The van der Waals surface area contributed by atoms with E-state index < -0.39 is 0 Å². The first-order valence-electron chi connectivity index (χ1n) is 5.87. The maximum absolute atomic E-state index is 5.31. The number of aryl methyl sites for hydroxylation is 2. The van der Waals surface area contributed by atoms with Gasteiger partial charge in [0.15, 0.2) is 5.82 Å². The molecule has 0 spiro atoms. The third-order valence-corrected chi connectivity index (χ3v) is 3.24. The Balaban J connectivity index is 2.14. The molecule has 3 heterocycles. The van der Waals surface area contributed by atoms with Gasteiger partial charge in [0.1, 0.15) is 5.76 Å². The summed E-state index contributed by atoms with van der Waals surface area (Å²) < 4.78 is 5.31. The monoisotopic (exact) mass is 229 g/mol. The molecule has 0 saturated carbocycles. The molecule has 2 aromatic heterocycles. The smallest absolute Gasteiger partial charge is 0.163 e. The van der Waals surface area contributed by atoms with Gasteiger partial charge < -0.3 is 9.73 Å². The molecular weight excluding hydrogens is 214 g/mol. The Kier molecular flexibility index (Phi) is 2.44. The van der Waals surface area contributed by atoms with Crippen LogP contribution in [-0.2, 0) is 13.0 Å². The van der Waals surface area contributed by atoms with E-state index in [1.807, 2.05) is 13.0 Å². The number of fused-ring (bicyclic) bond motifs is 1.